The molecule has 0 aromatic carbocycles. The molecule has 0 N–H and O–H groups in total. The monoisotopic (exact) mass is 330 g/mol. The van der Waals surface area contributed by atoms with Crippen molar-refractivity contribution >= 4 is 11.8 Å². The topological polar surface area (TPSA) is 66.4 Å². The lowest BCUT2D eigenvalue weighted by molar-refractivity contribution is -0.140. The van der Waals surface area contributed by atoms with Crippen LogP contribution in [0, 0.1) is 0 Å². The predicted octanol–water partition coefficient (Wildman–Crippen LogP) is 2.02. The summed E-state index contributed by atoms with van der Waals surface area (Å²) in [4.78, 5) is 37.3. The molecule has 3 heterocycles. The van der Waals surface area contributed by atoms with Crippen molar-refractivity contribution in [3.8, 4) is 0 Å². The number of rotatable bonds is 2. The Hall–Kier alpha value is -1.98. The van der Waals surface area contributed by atoms with Gasteiger partial charge in [-0.1, -0.05) is 27.2 Å². The molecule has 0 atom stereocenters. The number of likely N-dealkylation sites (tertiary alicyclic amines) is 1. The highest BCUT2D eigenvalue weighted by Crippen LogP contribution is 2.25. The van der Waals surface area contributed by atoms with Crippen molar-refractivity contribution in [3.05, 3.63) is 23.3 Å². The average Bonchev–Trinajstić information content (AvgIpc) is 2.85. The van der Waals surface area contributed by atoms with Crippen LogP contribution in [0.2, 0.25) is 0 Å². The molecule has 0 radical (unpaired) electrons. The van der Waals surface area contributed by atoms with Gasteiger partial charge in [-0.05, 0) is 12.8 Å². The highest BCUT2D eigenvalue weighted by Gasteiger charge is 2.29. The highest BCUT2D eigenvalue weighted by atomic mass is 16.2. The number of carbonyl (C=O) groups excluding carboxylic acids is 2. The molecule has 0 bridgehead atoms. The molecule has 6 heteroatoms. The number of nitrogens with zero attached hydrogens (tertiary/aromatic N) is 4. The number of amides is 2. The van der Waals surface area contributed by atoms with E-state index in [0.29, 0.717) is 26.1 Å². The Morgan fingerprint density at radius 1 is 1.21 bits per heavy atom. The first-order valence-electron chi connectivity index (χ1n) is 8.75. The minimum atomic E-state index is -0.106. The van der Waals surface area contributed by atoms with Gasteiger partial charge in [0.15, 0.2) is 0 Å². The van der Waals surface area contributed by atoms with E-state index < -0.39 is 0 Å². The fraction of sp³-hybridized carbons (Fsp3) is 0.667. The maximum Gasteiger partial charge on any atom is 0.242 e. The Balaban J connectivity index is 1.66. The minimum Gasteiger partial charge on any atom is -0.333 e. The van der Waals surface area contributed by atoms with Crippen molar-refractivity contribution in [3.63, 3.8) is 0 Å². The first-order chi connectivity index (χ1) is 11.3. The third kappa shape index (κ3) is 3.57. The lowest BCUT2D eigenvalue weighted by Gasteiger charge is -2.23. The van der Waals surface area contributed by atoms with Gasteiger partial charge in [0.25, 0.3) is 0 Å². The second-order valence-electron chi connectivity index (χ2n) is 7.79. The van der Waals surface area contributed by atoms with Crippen molar-refractivity contribution in [1.82, 2.24) is 19.8 Å². The van der Waals surface area contributed by atoms with Crippen molar-refractivity contribution in [2.24, 2.45) is 0 Å². The standard InChI is InChI=1S/C18H26N4O2/c1-18(2,3)17-19-9-13-10-22(11-14(13)20-17)16(24)12-21-8-6-4-5-7-15(21)23/h9H,4-8,10-12H2,1-3H3. The molecule has 3 rings (SSSR count). The zero-order valence-electron chi connectivity index (χ0n) is 14.8. The fourth-order valence-electron chi connectivity index (χ4n) is 3.16. The van der Waals surface area contributed by atoms with E-state index in [4.69, 9.17) is 0 Å². The molecule has 2 aliphatic heterocycles. The van der Waals surface area contributed by atoms with E-state index in [2.05, 4.69) is 30.7 Å². The quantitative estimate of drug-likeness (QED) is 0.832. The SMILES string of the molecule is CC(C)(C)c1ncc2c(n1)CN(C(=O)CN1CCCCCC1=O)C2. The van der Waals surface area contributed by atoms with Crippen molar-refractivity contribution < 1.29 is 9.59 Å². The molecule has 0 spiro atoms. The van der Waals surface area contributed by atoms with E-state index in [1.807, 2.05) is 6.20 Å². The van der Waals surface area contributed by atoms with Gasteiger partial charge < -0.3 is 9.80 Å². The lowest BCUT2D eigenvalue weighted by Crippen LogP contribution is -2.40. The molecule has 0 aliphatic carbocycles. The van der Waals surface area contributed by atoms with Gasteiger partial charge in [0.1, 0.15) is 5.82 Å². The van der Waals surface area contributed by atoms with E-state index in [1.165, 1.54) is 0 Å². The zero-order chi connectivity index (χ0) is 17.3. The third-order valence-corrected chi connectivity index (χ3v) is 4.68. The summed E-state index contributed by atoms with van der Waals surface area (Å²) < 4.78 is 0. The van der Waals surface area contributed by atoms with E-state index in [9.17, 15) is 9.59 Å². The van der Waals surface area contributed by atoms with Crippen molar-refractivity contribution in [2.45, 2.75) is 65.0 Å². The Morgan fingerprint density at radius 3 is 2.75 bits per heavy atom. The van der Waals surface area contributed by atoms with Gasteiger partial charge in [-0.25, -0.2) is 9.97 Å². The molecule has 2 amide bonds. The molecule has 1 aromatic rings. The van der Waals surface area contributed by atoms with Gasteiger partial charge in [0.2, 0.25) is 11.8 Å². The van der Waals surface area contributed by atoms with Gasteiger partial charge in [0, 0.05) is 36.7 Å². The molecule has 130 valence electrons. The summed E-state index contributed by atoms with van der Waals surface area (Å²) in [6.45, 7) is 8.18. The summed E-state index contributed by atoms with van der Waals surface area (Å²) in [7, 11) is 0. The summed E-state index contributed by atoms with van der Waals surface area (Å²) in [6.07, 6.45) is 5.39. The number of hydrogen-bond donors (Lipinski definition) is 0. The van der Waals surface area contributed by atoms with Gasteiger partial charge in [-0.15, -0.1) is 0 Å². The second-order valence-corrected chi connectivity index (χ2v) is 7.79. The van der Waals surface area contributed by atoms with Crippen LogP contribution in [0.5, 0.6) is 0 Å². The number of hydrogen-bond acceptors (Lipinski definition) is 4. The summed E-state index contributed by atoms with van der Waals surface area (Å²) in [6, 6.07) is 0. The van der Waals surface area contributed by atoms with E-state index in [0.717, 1.165) is 36.3 Å². The first-order valence-corrected chi connectivity index (χ1v) is 8.75. The van der Waals surface area contributed by atoms with Crippen LogP contribution >= 0.6 is 0 Å². The van der Waals surface area contributed by atoms with Crippen LogP contribution < -0.4 is 0 Å². The van der Waals surface area contributed by atoms with Gasteiger partial charge in [-0.2, -0.15) is 0 Å². The predicted molar refractivity (Wildman–Crippen MR) is 90.0 cm³/mol. The van der Waals surface area contributed by atoms with Crippen LogP contribution in [0.3, 0.4) is 0 Å². The molecule has 1 fully saturated rings. The van der Waals surface area contributed by atoms with E-state index in [1.54, 1.807) is 9.80 Å². The molecule has 2 aliphatic rings. The van der Waals surface area contributed by atoms with Crippen LogP contribution in [0.15, 0.2) is 6.20 Å². The molecule has 0 unspecified atom stereocenters. The summed E-state index contributed by atoms with van der Waals surface area (Å²) in [5, 5.41) is 0. The average molecular weight is 330 g/mol. The lowest BCUT2D eigenvalue weighted by atomic mass is 9.95. The van der Waals surface area contributed by atoms with E-state index in [-0.39, 0.29) is 23.8 Å². The normalized spacial score (nSPS) is 18.5. The Labute approximate surface area is 143 Å². The molecular weight excluding hydrogens is 304 g/mol. The van der Waals surface area contributed by atoms with Gasteiger partial charge >= 0.3 is 0 Å². The van der Waals surface area contributed by atoms with Crippen molar-refractivity contribution in [2.75, 3.05) is 13.1 Å². The summed E-state index contributed by atoms with van der Waals surface area (Å²) in [5.74, 6) is 0.908. The molecule has 1 aromatic heterocycles. The van der Waals surface area contributed by atoms with Crippen LogP contribution in [0.4, 0.5) is 0 Å². The zero-order valence-corrected chi connectivity index (χ0v) is 14.8. The molecule has 1 saturated heterocycles. The number of aromatic nitrogens is 2. The summed E-state index contributed by atoms with van der Waals surface area (Å²) >= 11 is 0. The maximum absolute atomic E-state index is 12.6. The van der Waals surface area contributed by atoms with Crippen LogP contribution in [-0.4, -0.2) is 44.7 Å². The first kappa shape index (κ1) is 16.9. The van der Waals surface area contributed by atoms with Crippen molar-refractivity contribution in [1.29, 1.82) is 0 Å². The second kappa shape index (κ2) is 6.49. The van der Waals surface area contributed by atoms with Crippen LogP contribution in [0.1, 0.15) is 63.5 Å². The van der Waals surface area contributed by atoms with E-state index >= 15 is 0 Å². The number of fused-ring (bicyclic) bond motifs is 1. The number of carbonyl (C=O) groups is 2. The molecular formula is C18H26N4O2. The maximum atomic E-state index is 12.6. The fourth-order valence-corrected chi connectivity index (χ4v) is 3.16. The Morgan fingerprint density at radius 2 is 2.00 bits per heavy atom. The Kier molecular flexibility index (Phi) is 4.56. The third-order valence-electron chi connectivity index (χ3n) is 4.68. The minimum absolute atomic E-state index is 0.000517. The van der Waals surface area contributed by atoms with Gasteiger partial charge in [0.05, 0.1) is 18.8 Å². The largest absolute Gasteiger partial charge is 0.333 e. The molecule has 6 nitrogen and oxygen atoms in total. The van der Waals surface area contributed by atoms with Gasteiger partial charge in [-0.3, -0.25) is 9.59 Å². The molecule has 24 heavy (non-hydrogen) atoms. The highest BCUT2D eigenvalue weighted by molar-refractivity contribution is 5.85. The summed E-state index contributed by atoms with van der Waals surface area (Å²) in [5.41, 5.74) is 1.84. The Bertz CT molecular complexity index is 651. The molecule has 0 saturated carbocycles. The van der Waals surface area contributed by atoms with Crippen LogP contribution in [0.25, 0.3) is 0 Å². The van der Waals surface area contributed by atoms with Crippen LogP contribution in [-0.2, 0) is 28.1 Å². The smallest absolute Gasteiger partial charge is 0.242 e.